The van der Waals surface area contributed by atoms with Crippen molar-refractivity contribution in [1.29, 1.82) is 0 Å². The maximum Gasteiger partial charge on any atom is 0.202 e. The van der Waals surface area contributed by atoms with Gasteiger partial charge in [-0.3, -0.25) is 15.1 Å². The fourth-order valence-corrected chi connectivity index (χ4v) is 4.81. The molecule has 0 spiro atoms. The van der Waals surface area contributed by atoms with Crippen LogP contribution in [0.2, 0.25) is 5.02 Å². The summed E-state index contributed by atoms with van der Waals surface area (Å²) in [7, 11) is 0. The lowest BCUT2D eigenvalue weighted by atomic mass is 10.1. The highest BCUT2D eigenvalue weighted by Gasteiger charge is 2.54. The number of hydrogen-bond acceptors (Lipinski definition) is 7. The summed E-state index contributed by atoms with van der Waals surface area (Å²) in [5.41, 5.74) is 10.0. The summed E-state index contributed by atoms with van der Waals surface area (Å²) >= 11 is 6.60. The number of aromatic amines is 1. The van der Waals surface area contributed by atoms with Gasteiger partial charge in [0, 0.05) is 31.0 Å². The predicted molar refractivity (Wildman–Crippen MR) is 107 cm³/mol. The van der Waals surface area contributed by atoms with E-state index >= 15 is 0 Å². The van der Waals surface area contributed by atoms with Gasteiger partial charge in [0.1, 0.15) is 16.9 Å². The van der Waals surface area contributed by atoms with Crippen molar-refractivity contribution in [2.45, 2.75) is 0 Å². The molecule has 3 aromatic heterocycles. The van der Waals surface area contributed by atoms with Crippen molar-refractivity contribution < 1.29 is 0 Å². The first-order valence-electron chi connectivity index (χ1n) is 9.30. The normalized spacial score (nSPS) is 23.5. The first-order chi connectivity index (χ1) is 13.7. The SMILES string of the molecule is NCC1C2CN(c3cnc4c(-c5ccc6nccnc6c5Cl)[nH]nc4n3)CC12. The van der Waals surface area contributed by atoms with Gasteiger partial charge in [0.2, 0.25) is 5.65 Å². The average Bonchev–Trinajstić information content (AvgIpc) is 3.06. The molecule has 1 aliphatic carbocycles. The average molecular weight is 393 g/mol. The molecule has 1 aliphatic heterocycles. The van der Waals surface area contributed by atoms with Gasteiger partial charge in [-0.25, -0.2) is 9.97 Å². The van der Waals surface area contributed by atoms with Crippen LogP contribution in [0.5, 0.6) is 0 Å². The van der Waals surface area contributed by atoms with Crippen LogP contribution in [0.4, 0.5) is 5.82 Å². The number of rotatable bonds is 3. The second-order valence-corrected chi connectivity index (χ2v) is 7.86. The van der Waals surface area contributed by atoms with Crippen molar-refractivity contribution in [1.82, 2.24) is 30.1 Å². The third kappa shape index (κ3) is 2.25. The van der Waals surface area contributed by atoms with E-state index in [-0.39, 0.29) is 0 Å². The molecule has 2 atom stereocenters. The van der Waals surface area contributed by atoms with Crippen molar-refractivity contribution >= 4 is 39.6 Å². The fraction of sp³-hybridized carbons (Fsp3) is 0.316. The maximum absolute atomic E-state index is 6.60. The Balaban J connectivity index is 1.37. The van der Waals surface area contributed by atoms with E-state index in [1.54, 1.807) is 12.4 Å². The molecule has 28 heavy (non-hydrogen) atoms. The smallest absolute Gasteiger partial charge is 0.202 e. The Labute approximate surface area is 165 Å². The van der Waals surface area contributed by atoms with Gasteiger partial charge in [0.15, 0.2) is 0 Å². The van der Waals surface area contributed by atoms with E-state index in [0.717, 1.165) is 42.2 Å². The molecule has 2 fully saturated rings. The molecule has 1 saturated heterocycles. The number of nitrogens with two attached hydrogens (primary N) is 1. The molecule has 1 saturated carbocycles. The van der Waals surface area contributed by atoms with Gasteiger partial charge in [0.25, 0.3) is 0 Å². The van der Waals surface area contributed by atoms with E-state index in [1.807, 2.05) is 18.3 Å². The third-order valence-corrected chi connectivity index (χ3v) is 6.45. The summed E-state index contributed by atoms with van der Waals surface area (Å²) in [6, 6.07) is 3.80. The minimum absolute atomic E-state index is 0.523. The van der Waals surface area contributed by atoms with Gasteiger partial charge in [-0.1, -0.05) is 11.6 Å². The lowest BCUT2D eigenvalue weighted by molar-refractivity contribution is 0.644. The molecular weight excluding hydrogens is 376 g/mol. The van der Waals surface area contributed by atoms with Gasteiger partial charge < -0.3 is 10.6 Å². The van der Waals surface area contributed by atoms with Crippen molar-refractivity contribution in [3.8, 4) is 11.3 Å². The molecule has 140 valence electrons. The number of aromatic nitrogens is 6. The zero-order valence-corrected chi connectivity index (χ0v) is 15.6. The Morgan fingerprint density at radius 2 is 1.93 bits per heavy atom. The number of fused-ring (bicyclic) bond motifs is 3. The molecule has 4 aromatic rings. The number of nitrogens with zero attached hydrogens (tertiary/aromatic N) is 6. The zero-order valence-electron chi connectivity index (χ0n) is 14.9. The Hall–Kier alpha value is -2.84. The van der Waals surface area contributed by atoms with Gasteiger partial charge >= 0.3 is 0 Å². The molecule has 0 amide bonds. The largest absolute Gasteiger partial charge is 0.355 e. The van der Waals surface area contributed by atoms with E-state index in [0.29, 0.717) is 39.5 Å². The van der Waals surface area contributed by atoms with Crippen LogP contribution in [0, 0.1) is 17.8 Å². The van der Waals surface area contributed by atoms with Gasteiger partial charge in [0.05, 0.1) is 22.4 Å². The minimum Gasteiger partial charge on any atom is -0.355 e. The Kier molecular flexibility index (Phi) is 3.36. The highest BCUT2D eigenvalue weighted by Crippen LogP contribution is 2.51. The molecule has 6 rings (SSSR count). The third-order valence-electron chi connectivity index (χ3n) is 6.07. The van der Waals surface area contributed by atoms with Crippen LogP contribution in [0.3, 0.4) is 0 Å². The molecule has 4 heterocycles. The minimum atomic E-state index is 0.523. The molecular formula is C19H17ClN8. The summed E-state index contributed by atoms with van der Waals surface area (Å²) in [6.45, 7) is 2.78. The Morgan fingerprint density at radius 3 is 2.75 bits per heavy atom. The summed E-state index contributed by atoms with van der Waals surface area (Å²) in [6.07, 6.45) is 5.10. The number of hydrogen-bond donors (Lipinski definition) is 2. The molecule has 2 aliphatic rings. The summed E-state index contributed by atoms with van der Waals surface area (Å²) in [5, 5.41) is 7.94. The van der Waals surface area contributed by atoms with E-state index in [4.69, 9.17) is 22.3 Å². The Bertz CT molecular complexity index is 1210. The second-order valence-electron chi connectivity index (χ2n) is 7.48. The maximum atomic E-state index is 6.60. The lowest BCUT2D eigenvalue weighted by Crippen LogP contribution is -2.26. The standard InChI is InChI=1S/C19H17ClN8/c20-15-9(1-2-13-17(15)23-4-3-22-13)16-18-19(27-26-16)25-14(6-24-18)28-7-11-10(5-21)12(11)8-28/h1-4,6,10-12H,5,7-8,21H2,(H,25,26,27). The summed E-state index contributed by atoms with van der Waals surface area (Å²) in [4.78, 5) is 20.3. The van der Waals surface area contributed by atoms with Gasteiger partial charge in [-0.15, -0.1) is 0 Å². The number of anilines is 1. The van der Waals surface area contributed by atoms with Crippen LogP contribution in [0.15, 0.2) is 30.7 Å². The molecule has 3 N–H and O–H groups in total. The molecule has 9 heteroatoms. The van der Waals surface area contributed by atoms with Gasteiger partial charge in [-0.2, -0.15) is 5.10 Å². The van der Waals surface area contributed by atoms with Crippen LogP contribution in [0.25, 0.3) is 33.5 Å². The highest BCUT2D eigenvalue weighted by molar-refractivity contribution is 6.37. The van der Waals surface area contributed by atoms with Crippen molar-refractivity contribution in [2.24, 2.45) is 23.5 Å². The van der Waals surface area contributed by atoms with E-state index < -0.39 is 0 Å². The van der Waals surface area contributed by atoms with Crippen LogP contribution < -0.4 is 10.6 Å². The second kappa shape index (κ2) is 5.83. The van der Waals surface area contributed by atoms with Gasteiger partial charge in [-0.05, 0) is 36.4 Å². The first kappa shape index (κ1) is 16.1. The molecule has 8 nitrogen and oxygen atoms in total. The van der Waals surface area contributed by atoms with Crippen LogP contribution in [0.1, 0.15) is 0 Å². The molecule has 1 aromatic carbocycles. The number of halogens is 1. The quantitative estimate of drug-likeness (QED) is 0.550. The van der Waals surface area contributed by atoms with Crippen LogP contribution >= 0.6 is 11.6 Å². The Morgan fingerprint density at radius 1 is 1.11 bits per heavy atom. The van der Waals surface area contributed by atoms with E-state index in [9.17, 15) is 0 Å². The van der Waals surface area contributed by atoms with Crippen molar-refractivity contribution in [2.75, 3.05) is 24.5 Å². The van der Waals surface area contributed by atoms with Crippen LogP contribution in [-0.2, 0) is 0 Å². The monoisotopic (exact) mass is 392 g/mol. The number of piperidine rings is 1. The van der Waals surface area contributed by atoms with E-state index in [1.165, 1.54) is 0 Å². The fourth-order valence-electron chi connectivity index (χ4n) is 4.51. The molecule has 2 unspecified atom stereocenters. The molecule has 0 radical (unpaired) electrons. The number of benzene rings is 1. The summed E-state index contributed by atoms with van der Waals surface area (Å²) in [5.74, 6) is 2.96. The topological polar surface area (TPSA) is 110 Å². The highest BCUT2D eigenvalue weighted by atomic mass is 35.5. The first-order valence-corrected chi connectivity index (χ1v) is 9.68. The molecule has 0 bridgehead atoms. The van der Waals surface area contributed by atoms with Crippen LogP contribution in [-0.4, -0.2) is 49.8 Å². The number of nitrogens with one attached hydrogen (secondary N) is 1. The lowest BCUT2D eigenvalue weighted by Gasteiger charge is -2.19. The van der Waals surface area contributed by atoms with Crippen molar-refractivity contribution in [3.63, 3.8) is 0 Å². The predicted octanol–water partition coefficient (Wildman–Crippen LogP) is 2.26. The van der Waals surface area contributed by atoms with Crippen molar-refractivity contribution in [3.05, 3.63) is 35.7 Å². The zero-order chi connectivity index (χ0) is 18.8. The summed E-state index contributed by atoms with van der Waals surface area (Å²) < 4.78 is 0. The number of H-pyrrole nitrogens is 1. The van der Waals surface area contributed by atoms with E-state index in [2.05, 4.69) is 30.0 Å².